The molecule has 2 atom stereocenters. The molecular weight excluding hydrogens is 1140 g/mol. The fourth-order valence-corrected chi connectivity index (χ4v) is 13.6. The lowest BCUT2D eigenvalue weighted by molar-refractivity contribution is -0.120. The third kappa shape index (κ3) is 16.8. The van der Waals surface area contributed by atoms with Gasteiger partial charge in [0.15, 0.2) is 6.29 Å². The van der Waals surface area contributed by atoms with Gasteiger partial charge in [-0.2, -0.15) is 20.4 Å². The topological polar surface area (TPSA) is 223 Å². The minimum atomic E-state index is -1.22. The van der Waals surface area contributed by atoms with Gasteiger partial charge in [0.25, 0.3) is 11.8 Å². The van der Waals surface area contributed by atoms with Gasteiger partial charge in [-0.15, -0.1) is 0 Å². The maximum absolute atomic E-state index is 13.9. The van der Waals surface area contributed by atoms with Crippen LogP contribution in [0.5, 0.6) is 0 Å². The molecule has 0 aliphatic heterocycles. The van der Waals surface area contributed by atoms with Gasteiger partial charge in [0.1, 0.15) is 42.6 Å². The molecule has 21 heteroatoms. The third-order valence-corrected chi connectivity index (χ3v) is 20.7. The molecule has 0 spiro atoms. The zero-order chi connectivity index (χ0) is 63.2. The number of ether oxygens (including phenoxy) is 2. The molecule has 2 aromatic carbocycles. The van der Waals surface area contributed by atoms with E-state index in [1.165, 1.54) is 0 Å². The average Bonchev–Trinajstić information content (AvgIpc) is 2.12. The van der Waals surface area contributed by atoms with Crippen molar-refractivity contribution in [2.24, 2.45) is 35.5 Å². The summed E-state index contributed by atoms with van der Waals surface area (Å²) in [6.45, 7) is 31.7. The Hall–Kier alpha value is -7.08. The molecule has 4 aromatic heterocycles. The Kier molecular flexibility index (Phi) is 20.9. The lowest BCUT2D eigenvalue weighted by atomic mass is 9.88. The standard InChI is InChI=1S/C34H48N6O3Si.C33H46N6O4Si/c1-8-28-30(23(4)38-39(28)21-43-19-20-44(5,6)7)24-13-15-27(16-14-24)36-34(42)32(31(25-9-10-25)26-11-12-26)37-33(41)29-17-18-35-40(29)22(2)3;1-21(2)39-27(15-16-34-39)32(41)36-31(30(24-7-8-24)25-9-10-25)33(42)35-26-13-11-23(12-14-26)29-22(3)37-38(28(29)19-40)20-43-17-18-44(4,5)6/h8,13-18,22,25-26,31-32H,1,9-12,19-21H2,2-7H3,(H,36,42)(H,37,41);11-16,19,21,24-25,30-31H,7-10,17-18,20H2,1-6H3,(H,35,42)(H,36,41)/t32-;31-/m00/s1. The summed E-state index contributed by atoms with van der Waals surface area (Å²) < 4.78 is 18.7. The third-order valence-electron chi connectivity index (χ3n) is 17.3. The Morgan fingerprint density at radius 2 is 0.920 bits per heavy atom. The Morgan fingerprint density at radius 1 is 0.568 bits per heavy atom. The molecule has 4 heterocycles. The molecule has 4 N–H and O–H groups in total. The van der Waals surface area contributed by atoms with E-state index in [4.69, 9.17) is 14.6 Å². The first-order valence-electron chi connectivity index (χ1n) is 31.8. The van der Waals surface area contributed by atoms with Crippen LogP contribution in [0, 0.1) is 49.4 Å². The minimum Gasteiger partial charge on any atom is -0.360 e. The number of nitrogens with one attached hydrogen (secondary N) is 4. The van der Waals surface area contributed by atoms with Gasteiger partial charge in [-0.25, -0.2) is 9.36 Å². The zero-order valence-corrected chi connectivity index (χ0v) is 55.9. The van der Waals surface area contributed by atoms with Crippen LogP contribution in [0.25, 0.3) is 28.3 Å². The highest BCUT2D eigenvalue weighted by Crippen LogP contribution is 2.52. The van der Waals surface area contributed by atoms with Crippen LogP contribution in [0.2, 0.25) is 51.4 Å². The van der Waals surface area contributed by atoms with Crippen LogP contribution in [-0.2, 0) is 32.5 Å². The molecule has 4 amide bonds. The van der Waals surface area contributed by atoms with E-state index < -0.39 is 28.2 Å². The largest absolute Gasteiger partial charge is 0.360 e. The number of aromatic nitrogens is 8. The summed E-state index contributed by atoms with van der Waals surface area (Å²) >= 11 is 0. The summed E-state index contributed by atoms with van der Waals surface area (Å²) in [5, 5.41) is 30.3. The lowest BCUT2D eigenvalue weighted by Crippen LogP contribution is -2.50. The second-order valence-electron chi connectivity index (χ2n) is 27.8. The molecule has 0 saturated heterocycles. The Bertz CT molecular complexity index is 3160. The number of aldehydes is 1. The van der Waals surface area contributed by atoms with E-state index in [0.29, 0.717) is 65.5 Å². The van der Waals surface area contributed by atoms with Gasteiger partial charge in [0, 0.05) is 76.3 Å². The molecule has 472 valence electrons. The van der Waals surface area contributed by atoms with Crippen LogP contribution < -0.4 is 21.3 Å². The number of hydrogen-bond donors (Lipinski definition) is 4. The van der Waals surface area contributed by atoms with Gasteiger partial charge in [-0.3, -0.25) is 33.3 Å². The predicted molar refractivity (Wildman–Crippen MR) is 351 cm³/mol. The molecule has 88 heavy (non-hydrogen) atoms. The average molecular weight is 1240 g/mol. The number of rotatable bonds is 30. The van der Waals surface area contributed by atoms with Crippen LogP contribution in [0.15, 0.2) is 79.6 Å². The summed E-state index contributed by atoms with van der Waals surface area (Å²) in [6.07, 6.45) is 14.7. The normalized spacial score (nSPS) is 15.9. The van der Waals surface area contributed by atoms with E-state index in [2.05, 4.69) is 82.4 Å². The molecule has 0 radical (unpaired) electrons. The van der Waals surface area contributed by atoms with Crippen molar-refractivity contribution in [2.45, 2.75) is 182 Å². The van der Waals surface area contributed by atoms with Gasteiger partial charge >= 0.3 is 0 Å². The molecule has 4 aliphatic carbocycles. The van der Waals surface area contributed by atoms with Crippen molar-refractivity contribution >= 4 is 63.5 Å². The molecule has 4 aliphatic rings. The van der Waals surface area contributed by atoms with E-state index >= 15 is 0 Å². The van der Waals surface area contributed by atoms with Crippen molar-refractivity contribution < 1.29 is 33.4 Å². The number of benzene rings is 2. The highest BCUT2D eigenvalue weighted by molar-refractivity contribution is 6.76. The maximum atomic E-state index is 13.9. The van der Waals surface area contributed by atoms with E-state index in [0.717, 1.165) is 116 Å². The van der Waals surface area contributed by atoms with E-state index in [9.17, 15) is 24.0 Å². The Morgan fingerprint density at radius 3 is 1.24 bits per heavy atom. The summed E-state index contributed by atoms with van der Waals surface area (Å²) in [7, 11) is -2.39. The zero-order valence-electron chi connectivity index (χ0n) is 53.9. The Labute approximate surface area is 521 Å². The van der Waals surface area contributed by atoms with Gasteiger partial charge in [-0.1, -0.05) is 70.1 Å². The van der Waals surface area contributed by atoms with Gasteiger partial charge < -0.3 is 30.7 Å². The monoisotopic (exact) mass is 1230 g/mol. The SMILES string of the molecule is C=Cc1c(-c2ccc(NC(=O)[C@@H](NC(=O)c3ccnn3C(C)C)C(C3CC3)C3CC3)cc2)c(C)nn1COCC[Si](C)(C)C.Cc1nn(COCC[Si](C)(C)C)c(C=O)c1-c1ccc(NC(=O)[C@@H](NC(=O)c2ccnn2C(C)C)C(C2CC2)C2CC2)cc1. The minimum absolute atomic E-state index is 0.0252. The molecule has 19 nitrogen and oxygen atoms in total. The van der Waals surface area contributed by atoms with Gasteiger partial charge in [-0.05, 0) is 194 Å². The molecule has 0 bridgehead atoms. The quantitative estimate of drug-likeness (QED) is 0.0189. The summed E-state index contributed by atoms with van der Waals surface area (Å²) in [6, 6.07) is 19.6. The number of nitrogens with zero attached hydrogens (tertiary/aromatic N) is 8. The van der Waals surface area contributed by atoms with Crippen molar-refractivity contribution in [3.05, 3.63) is 114 Å². The molecule has 6 aromatic rings. The van der Waals surface area contributed by atoms with E-state index in [-0.39, 0.29) is 54.3 Å². The summed E-state index contributed by atoms with van der Waals surface area (Å²) in [5.41, 5.74) is 8.82. The Balaban J connectivity index is 0.000000209. The maximum Gasteiger partial charge on any atom is 0.270 e. The van der Waals surface area contributed by atoms with Crippen LogP contribution in [0.3, 0.4) is 0 Å². The van der Waals surface area contributed by atoms with Crippen molar-refractivity contribution in [3.63, 3.8) is 0 Å². The molecule has 4 fully saturated rings. The number of carbonyl (C=O) groups is 5. The van der Waals surface area contributed by atoms with Crippen LogP contribution in [-0.4, -0.2) is 110 Å². The molecule has 10 rings (SSSR count). The second kappa shape index (κ2) is 28.2. The number of aryl methyl sites for hydroxylation is 2. The van der Waals surface area contributed by atoms with E-state index in [1.54, 1.807) is 38.6 Å². The number of carbonyl (C=O) groups excluding carboxylic acids is 5. The van der Waals surface area contributed by atoms with Gasteiger partial charge in [0.2, 0.25) is 11.8 Å². The van der Waals surface area contributed by atoms with Crippen molar-refractivity contribution in [3.8, 4) is 22.3 Å². The highest BCUT2D eigenvalue weighted by atomic mass is 28.3. The highest BCUT2D eigenvalue weighted by Gasteiger charge is 2.50. The smallest absolute Gasteiger partial charge is 0.270 e. The van der Waals surface area contributed by atoms with Crippen LogP contribution in [0.1, 0.15) is 140 Å². The first kappa shape index (κ1) is 65.4. The van der Waals surface area contributed by atoms with Crippen LogP contribution >= 0.6 is 0 Å². The first-order chi connectivity index (χ1) is 41.9. The molecular formula is C67H94N12O7Si2. The van der Waals surface area contributed by atoms with Crippen LogP contribution in [0.4, 0.5) is 11.4 Å². The van der Waals surface area contributed by atoms with E-state index in [1.807, 2.05) is 101 Å². The van der Waals surface area contributed by atoms with Crippen molar-refractivity contribution in [2.75, 3.05) is 23.8 Å². The molecule has 4 saturated carbocycles. The lowest BCUT2D eigenvalue weighted by Gasteiger charge is -2.28. The number of amides is 4. The first-order valence-corrected chi connectivity index (χ1v) is 39.2. The fraction of sp³-hybridized carbons (Fsp3) is 0.537. The number of hydrogen-bond acceptors (Lipinski definition) is 11. The predicted octanol–water partition coefficient (Wildman–Crippen LogP) is 12.7. The second-order valence-corrected chi connectivity index (χ2v) is 39.0. The van der Waals surface area contributed by atoms with Gasteiger partial charge in [0.05, 0.1) is 17.1 Å². The summed E-state index contributed by atoms with van der Waals surface area (Å²) in [5.74, 6) is 1.21. The fourth-order valence-electron chi connectivity index (χ4n) is 12.1. The molecule has 0 unspecified atom stereocenters. The van der Waals surface area contributed by atoms with Crippen molar-refractivity contribution in [1.82, 2.24) is 49.8 Å². The summed E-state index contributed by atoms with van der Waals surface area (Å²) in [4.78, 5) is 66.7. The van der Waals surface area contributed by atoms with Crippen molar-refractivity contribution in [1.29, 1.82) is 0 Å². The number of anilines is 2.